The number of pyridine rings is 1. The lowest BCUT2D eigenvalue weighted by Gasteiger charge is -2.22. The maximum Gasteiger partial charge on any atom is 0.256 e. The smallest absolute Gasteiger partial charge is 0.256 e. The van der Waals surface area contributed by atoms with E-state index in [1.807, 2.05) is 51.1 Å². The van der Waals surface area contributed by atoms with Gasteiger partial charge in [0.25, 0.3) is 5.91 Å². The molecule has 0 radical (unpaired) electrons. The fraction of sp³-hybridized carbons (Fsp3) is 0.333. The molecule has 0 atom stereocenters. The van der Waals surface area contributed by atoms with E-state index in [2.05, 4.69) is 15.5 Å². The Balaban J connectivity index is 1.76. The van der Waals surface area contributed by atoms with E-state index in [4.69, 9.17) is 10.2 Å². The molecule has 0 unspecified atom stereocenters. The molecule has 1 saturated heterocycles. The van der Waals surface area contributed by atoms with Gasteiger partial charge in [-0.1, -0.05) is 11.6 Å². The van der Waals surface area contributed by atoms with Crippen molar-refractivity contribution < 1.29 is 9.63 Å². The third kappa shape index (κ3) is 5.17. The highest BCUT2D eigenvalue weighted by molar-refractivity contribution is 6.14. The second kappa shape index (κ2) is 9.29. The predicted octanol–water partition coefficient (Wildman–Crippen LogP) is 2.95. The van der Waals surface area contributed by atoms with Crippen molar-refractivity contribution in [3.8, 4) is 0 Å². The number of hydrazone groups is 1. The molecule has 3 rings (SSSR count). The highest BCUT2D eigenvalue weighted by Crippen LogP contribution is 2.21. The van der Waals surface area contributed by atoms with E-state index in [-0.39, 0.29) is 5.91 Å². The van der Waals surface area contributed by atoms with Gasteiger partial charge in [-0.15, -0.1) is 0 Å². The minimum Gasteiger partial charge on any atom is -0.334 e. The number of anilines is 2. The summed E-state index contributed by atoms with van der Waals surface area (Å²) in [7, 11) is 0. The van der Waals surface area contributed by atoms with Crippen LogP contribution in [0.3, 0.4) is 0 Å². The van der Waals surface area contributed by atoms with Gasteiger partial charge in [-0.25, -0.2) is 10.0 Å². The van der Waals surface area contributed by atoms with Crippen LogP contribution in [0.1, 0.15) is 27.2 Å². The lowest BCUT2D eigenvalue weighted by Crippen LogP contribution is -2.36. The molecule has 1 aliphatic rings. The Morgan fingerprint density at radius 2 is 2.00 bits per heavy atom. The van der Waals surface area contributed by atoms with Crippen molar-refractivity contribution in [2.75, 3.05) is 36.7 Å². The van der Waals surface area contributed by atoms with E-state index in [0.717, 1.165) is 28.9 Å². The second-order valence-electron chi connectivity index (χ2n) is 6.98. The second-order valence-corrected chi connectivity index (χ2v) is 6.98. The third-order valence-electron chi connectivity index (χ3n) is 4.55. The highest BCUT2D eigenvalue weighted by Gasteiger charge is 2.24. The van der Waals surface area contributed by atoms with Crippen molar-refractivity contribution in [3.05, 3.63) is 52.7 Å². The number of hydroxylamine groups is 1. The van der Waals surface area contributed by atoms with E-state index in [1.165, 1.54) is 6.21 Å². The Hall–Kier alpha value is -3.26. The number of benzene rings is 1. The summed E-state index contributed by atoms with van der Waals surface area (Å²) in [5.41, 5.74) is 7.04. The molecule has 29 heavy (non-hydrogen) atoms. The standard InChI is InChI=1S/C21H26N6O2/c1-15-4-5-19(25-23-7-6-22)18(13-15)21(28)26-8-9-27(29-11-10-26)20-14-16(2)12-17(3)24-20/h4-7,12-14,22,25H,8-11H2,1-3H3/b22-6?,23-7-. The first kappa shape index (κ1) is 20.5. The lowest BCUT2D eigenvalue weighted by molar-refractivity contribution is 0.0731. The average Bonchev–Trinajstić information content (AvgIpc) is 2.94. The Labute approximate surface area is 170 Å². The monoisotopic (exact) mass is 394 g/mol. The molecule has 1 amide bonds. The van der Waals surface area contributed by atoms with Crippen molar-refractivity contribution >= 4 is 29.8 Å². The first-order valence-electron chi connectivity index (χ1n) is 9.52. The van der Waals surface area contributed by atoms with Crippen molar-refractivity contribution in [3.63, 3.8) is 0 Å². The van der Waals surface area contributed by atoms with E-state index in [1.54, 1.807) is 9.96 Å². The summed E-state index contributed by atoms with van der Waals surface area (Å²) in [6.45, 7) is 7.85. The number of carbonyl (C=O) groups excluding carboxylic acids is 1. The number of aromatic nitrogens is 1. The van der Waals surface area contributed by atoms with Gasteiger partial charge in [-0.05, 0) is 50.6 Å². The number of hydrogen-bond donors (Lipinski definition) is 2. The molecular weight excluding hydrogens is 368 g/mol. The predicted molar refractivity (Wildman–Crippen MR) is 115 cm³/mol. The van der Waals surface area contributed by atoms with E-state index >= 15 is 0 Å². The number of amides is 1. The molecule has 1 aliphatic heterocycles. The molecule has 1 aromatic heterocycles. The van der Waals surface area contributed by atoms with Crippen LogP contribution in [-0.2, 0) is 4.84 Å². The van der Waals surface area contributed by atoms with Crippen LogP contribution >= 0.6 is 0 Å². The molecular formula is C21H26N6O2. The normalized spacial score (nSPS) is 14.7. The van der Waals surface area contributed by atoms with Gasteiger partial charge in [-0.3, -0.25) is 15.1 Å². The summed E-state index contributed by atoms with van der Waals surface area (Å²) in [6, 6.07) is 9.58. The summed E-state index contributed by atoms with van der Waals surface area (Å²) in [4.78, 5) is 25.4. The van der Waals surface area contributed by atoms with Crippen LogP contribution in [0.4, 0.5) is 11.5 Å². The van der Waals surface area contributed by atoms with Gasteiger partial charge in [0.1, 0.15) is 0 Å². The van der Waals surface area contributed by atoms with Crippen LogP contribution in [0.15, 0.2) is 35.4 Å². The molecule has 1 fully saturated rings. The van der Waals surface area contributed by atoms with Gasteiger partial charge < -0.3 is 10.3 Å². The Kier molecular flexibility index (Phi) is 6.56. The van der Waals surface area contributed by atoms with Gasteiger partial charge in [0.15, 0.2) is 5.82 Å². The van der Waals surface area contributed by atoms with Crippen LogP contribution in [0.25, 0.3) is 0 Å². The van der Waals surface area contributed by atoms with Crippen LogP contribution in [0.2, 0.25) is 0 Å². The molecule has 1 aromatic carbocycles. The van der Waals surface area contributed by atoms with Gasteiger partial charge in [-0.2, -0.15) is 5.10 Å². The summed E-state index contributed by atoms with van der Waals surface area (Å²) in [5, 5.41) is 12.7. The van der Waals surface area contributed by atoms with Crippen molar-refractivity contribution in [2.24, 2.45) is 5.10 Å². The maximum atomic E-state index is 13.2. The van der Waals surface area contributed by atoms with Crippen LogP contribution in [-0.4, -0.2) is 54.5 Å². The van der Waals surface area contributed by atoms with E-state index in [0.29, 0.717) is 37.5 Å². The summed E-state index contributed by atoms with van der Waals surface area (Å²) < 4.78 is 0. The molecule has 0 aliphatic carbocycles. The van der Waals surface area contributed by atoms with Crippen LogP contribution in [0, 0.1) is 26.2 Å². The van der Waals surface area contributed by atoms with Gasteiger partial charge in [0, 0.05) is 25.0 Å². The van der Waals surface area contributed by atoms with Crippen LogP contribution < -0.4 is 10.5 Å². The molecule has 2 N–H and O–H groups in total. The topological polar surface area (TPSA) is 93.9 Å². The fourth-order valence-electron chi connectivity index (χ4n) is 3.23. The summed E-state index contributed by atoms with van der Waals surface area (Å²) in [5.74, 6) is 0.677. The number of rotatable bonds is 5. The number of carbonyl (C=O) groups is 1. The molecule has 2 aromatic rings. The number of aryl methyl sites for hydroxylation is 3. The number of hydrogen-bond acceptors (Lipinski definition) is 7. The first-order valence-corrected chi connectivity index (χ1v) is 9.52. The average molecular weight is 394 g/mol. The Bertz CT molecular complexity index is 907. The quantitative estimate of drug-likeness (QED) is 0.601. The molecule has 8 heteroatoms. The molecule has 0 spiro atoms. The molecule has 0 bridgehead atoms. The zero-order valence-corrected chi connectivity index (χ0v) is 17.0. The molecule has 0 saturated carbocycles. The number of nitrogens with one attached hydrogen (secondary N) is 2. The lowest BCUT2D eigenvalue weighted by atomic mass is 10.1. The summed E-state index contributed by atoms with van der Waals surface area (Å²) in [6.07, 6.45) is 2.40. The SMILES string of the molecule is Cc1cc(C)nc(N2CCN(C(=O)c3cc(C)ccc3N/N=C\C=N)CCO2)c1. The van der Waals surface area contributed by atoms with Crippen molar-refractivity contribution in [1.82, 2.24) is 9.88 Å². The Morgan fingerprint density at radius 1 is 1.17 bits per heavy atom. The van der Waals surface area contributed by atoms with Crippen molar-refractivity contribution in [2.45, 2.75) is 20.8 Å². The zero-order chi connectivity index (χ0) is 20.8. The van der Waals surface area contributed by atoms with Gasteiger partial charge >= 0.3 is 0 Å². The fourth-order valence-corrected chi connectivity index (χ4v) is 3.23. The molecule has 152 valence electrons. The van der Waals surface area contributed by atoms with E-state index < -0.39 is 0 Å². The minimum absolute atomic E-state index is 0.0833. The third-order valence-corrected chi connectivity index (χ3v) is 4.55. The van der Waals surface area contributed by atoms with Gasteiger partial charge in [0.05, 0.1) is 30.6 Å². The largest absolute Gasteiger partial charge is 0.334 e. The number of nitrogens with zero attached hydrogens (tertiary/aromatic N) is 4. The Morgan fingerprint density at radius 3 is 2.76 bits per heavy atom. The minimum atomic E-state index is -0.0833. The maximum absolute atomic E-state index is 13.2. The van der Waals surface area contributed by atoms with Crippen molar-refractivity contribution in [1.29, 1.82) is 5.41 Å². The zero-order valence-electron chi connectivity index (χ0n) is 17.0. The van der Waals surface area contributed by atoms with Gasteiger partial charge in [0.2, 0.25) is 0 Å². The van der Waals surface area contributed by atoms with Crippen LogP contribution in [0.5, 0.6) is 0 Å². The summed E-state index contributed by atoms with van der Waals surface area (Å²) >= 11 is 0. The first-order chi connectivity index (χ1) is 14.0. The highest BCUT2D eigenvalue weighted by atomic mass is 16.7. The van der Waals surface area contributed by atoms with E-state index in [9.17, 15) is 4.79 Å². The molecule has 2 heterocycles. The molecule has 8 nitrogen and oxygen atoms in total.